The lowest BCUT2D eigenvalue weighted by Crippen LogP contribution is -2.30. The molecule has 17 nitrogen and oxygen atoms in total. The zero-order valence-corrected chi connectivity index (χ0v) is 68.1. The van der Waals surface area contributed by atoms with Crippen LogP contribution in [-0.4, -0.2) is 96.7 Å². The van der Waals surface area contributed by atoms with Gasteiger partial charge in [-0.2, -0.15) is 0 Å². The summed E-state index contributed by atoms with van der Waals surface area (Å²) in [6.45, 7) is 4.57. The second-order valence-corrected chi connectivity index (χ2v) is 29.9. The van der Waals surface area contributed by atoms with Gasteiger partial charge in [0.25, 0.3) is 0 Å². The molecule has 0 aromatic heterocycles. The van der Waals surface area contributed by atoms with Gasteiger partial charge in [-0.3, -0.25) is 37.3 Å². The zero-order chi connectivity index (χ0) is 77.4. The molecule has 0 aromatic carbocycles. The number of aliphatic hydroxyl groups is 1. The van der Waals surface area contributed by atoms with Crippen LogP contribution in [0.3, 0.4) is 0 Å². The molecule has 0 bridgehead atoms. The van der Waals surface area contributed by atoms with E-state index in [0.717, 1.165) is 186 Å². The highest BCUT2D eigenvalue weighted by molar-refractivity contribution is 7.47. The number of aliphatic hydroxyl groups excluding tert-OH is 1. The van der Waals surface area contributed by atoms with Crippen LogP contribution in [0.15, 0.2) is 146 Å². The van der Waals surface area contributed by atoms with Gasteiger partial charge in [0.05, 0.1) is 26.4 Å². The van der Waals surface area contributed by atoms with Crippen molar-refractivity contribution in [1.29, 1.82) is 0 Å². The SMILES string of the molecule is CC/C=C\C/C=C\C/C=C\C/C=C\C/C=C\CCCC(=O)OCC(COP(=O)(O)OCC(O)COP(=O)(O)OCC(COC(=O)CCCCCCCC/C=C\C/C=C\C/C=C\CCCCC)OC(=O)CCCCCCCC/C=C\C/C=C\C/C=C\CCCCC)OC(=O)CCCCCCC/C=C\CCCC. The van der Waals surface area contributed by atoms with E-state index in [1.165, 1.54) is 51.4 Å². The monoisotopic (exact) mass is 1530 g/mol. The molecule has 19 heteroatoms. The number of rotatable bonds is 76. The maximum Gasteiger partial charge on any atom is 0.472 e. The van der Waals surface area contributed by atoms with E-state index in [1.807, 2.05) is 12.2 Å². The topological polar surface area (TPSA) is 237 Å². The van der Waals surface area contributed by atoms with Gasteiger partial charge in [-0.25, -0.2) is 9.13 Å². The van der Waals surface area contributed by atoms with Crippen molar-refractivity contribution in [2.75, 3.05) is 39.6 Å². The summed E-state index contributed by atoms with van der Waals surface area (Å²) in [6.07, 6.45) is 89.7. The highest BCUT2D eigenvalue weighted by atomic mass is 31.2. The van der Waals surface area contributed by atoms with Crippen molar-refractivity contribution in [2.24, 2.45) is 0 Å². The minimum Gasteiger partial charge on any atom is -0.462 e. The number of phosphoric acid groups is 2. The molecular formula is C87H146O17P2. The number of carbonyl (C=O) groups excluding carboxylic acids is 4. The van der Waals surface area contributed by atoms with E-state index in [0.29, 0.717) is 32.1 Å². The first kappa shape index (κ1) is 101. The molecule has 0 radical (unpaired) electrons. The Labute approximate surface area is 643 Å². The third kappa shape index (κ3) is 77.1. The van der Waals surface area contributed by atoms with E-state index in [4.69, 9.17) is 37.0 Å². The fourth-order valence-corrected chi connectivity index (χ4v) is 12.1. The molecule has 0 aromatic rings. The summed E-state index contributed by atoms with van der Waals surface area (Å²) in [5.74, 6) is -2.28. The highest BCUT2D eigenvalue weighted by Crippen LogP contribution is 2.45. The van der Waals surface area contributed by atoms with Gasteiger partial charge in [0.2, 0.25) is 0 Å². The van der Waals surface area contributed by atoms with Gasteiger partial charge in [0, 0.05) is 25.7 Å². The van der Waals surface area contributed by atoms with Crippen LogP contribution >= 0.6 is 15.6 Å². The lowest BCUT2D eigenvalue weighted by atomic mass is 10.1. The van der Waals surface area contributed by atoms with E-state index in [2.05, 4.69) is 161 Å². The lowest BCUT2D eigenvalue weighted by molar-refractivity contribution is -0.161. The van der Waals surface area contributed by atoms with Gasteiger partial charge in [0.15, 0.2) is 12.2 Å². The first-order chi connectivity index (χ1) is 51.7. The van der Waals surface area contributed by atoms with Gasteiger partial charge in [-0.15, -0.1) is 0 Å². The average Bonchev–Trinajstić information content (AvgIpc) is 0.901. The lowest BCUT2D eigenvalue weighted by Gasteiger charge is -2.21. The van der Waals surface area contributed by atoms with E-state index < -0.39 is 97.5 Å². The second kappa shape index (κ2) is 78.1. The van der Waals surface area contributed by atoms with Crippen LogP contribution in [0.1, 0.15) is 323 Å². The van der Waals surface area contributed by atoms with Gasteiger partial charge < -0.3 is 33.8 Å². The standard InChI is InChI=1S/C87H146O17P2/c1-5-9-13-17-21-25-29-32-35-38-40-43-46-49-53-56-60-64-68-72-85(90)98-78-83(104-87(92)74-70-66-62-58-54-50-47-44-41-39-36-33-30-26-22-18-14-10-6-2)80-102-106(95,96)100-76-81(88)75-99-105(93,94)101-79-82(103-86(91)73-69-65-61-57-51-28-24-20-16-12-8-4)77-97-84(89)71-67-63-59-55-52-48-45-42-37-34-31-27-23-19-15-11-7-3/h11,15,20-27,32-37,40-41,43-45,48,55,59,81-83,88H,5-10,12-14,16-19,28-31,38-39,42,46-47,49-54,56-58,60-80H2,1-4H3,(H,93,94)(H,95,96)/b15-11-,24-20-,25-21-,26-22-,27-23-,35-32-,36-33-,37-34-,43-40-,44-41-,48-45-,59-55-. The van der Waals surface area contributed by atoms with Crippen LogP contribution in [-0.2, 0) is 65.4 Å². The fourth-order valence-electron chi connectivity index (χ4n) is 10.5. The minimum absolute atomic E-state index is 0.0682. The number of ether oxygens (including phenoxy) is 4. The van der Waals surface area contributed by atoms with Crippen LogP contribution in [0, 0.1) is 0 Å². The van der Waals surface area contributed by atoms with Crippen molar-refractivity contribution >= 4 is 39.5 Å². The van der Waals surface area contributed by atoms with E-state index >= 15 is 0 Å². The average molecular weight is 1530 g/mol. The van der Waals surface area contributed by atoms with Crippen LogP contribution in [0.25, 0.3) is 0 Å². The first-order valence-electron chi connectivity index (χ1n) is 41.1. The summed E-state index contributed by atoms with van der Waals surface area (Å²) in [5.41, 5.74) is 0. The molecule has 0 rings (SSSR count). The molecule has 0 saturated heterocycles. The molecule has 106 heavy (non-hydrogen) atoms. The Balaban J connectivity index is 5.41. The molecule has 0 amide bonds. The smallest absolute Gasteiger partial charge is 0.462 e. The summed E-state index contributed by atoms with van der Waals surface area (Å²) in [4.78, 5) is 73.0. The quantitative estimate of drug-likeness (QED) is 0.0169. The normalized spacial score (nSPS) is 14.6. The maximum absolute atomic E-state index is 13.1. The molecule has 0 fully saturated rings. The van der Waals surface area contributed by atoms with Crippen molar-refractivity contribution in [3.05, 3.63) is 146 Å². The summed E-state index contributed by atoms with van der Waals surface area (Å²) in [6, 6.07) is 0. The highest BCUT2D eigenvalue weighted by Gasteiger charge is 2.30. The van der Waals surface area contributed by atoms with E-state index in [9.17, 15) is 43.2 Å². The van der Waals surface area contributed by atoms with Gasteiger partial charge in [-0.05, 0) is 161 Å². The Morgan fingerprint density at radius 1 is 0.274 bits per heavy atom. The fraction of sp³-hybridized carbons (Fsp3) is 0.678. The number of phosphoric ester groups is 2. The number of hydrogen-bond donors (Lipinski definition) is 3. The molecular weight excluding hydrogens is 1380 g/mol. The number of hydrogen-bond acceptors (Lipinski definition) is 15. The predicted octanol–water partition coefficient (Wildman–Crippen LogP) is 24.2. The van der Waals surface area contributed by atoms with E-state index in [1.54, 1.807) is 0 Å². The Hall–Kier alpha value is -5.06. The number of esters is 4. The predicted molar refractivity (Wildman–Crippen MR) is 436 cm³/mol. The minimum atomic E-state index is -5.00. The van der Waals surface area contributed by atoms with Gasteiger partial charge >= 0.3 is 39.5 Å². The Morgan fingerprint density at radius 2 is 0.509 bits per heavy atom. The second-order valence-electron chi connectivity index (χ2n) is 27.0. The molecule has 0 heterocycles. The van der Waals surface area contributed by atoms with Crippen molar-refractivity contribution in [3.63, 3.8) is 0 Å². The third-order valence-corrected chi connectivity index (χ3v) is 18.7. The summed E-state index contributed by atoms with van der Waals surface area (Å²) >= 11 is 0. The number of carbonyl (C=O) groups is 4. The summed E-state index contributed by atoms with van der Waals surface area (Å²) < 4.78 is 68.6. The van der Waals surface area contributed by atoms with Crippen molar-refractivity contribution in [3.8, 4) is 0 Å². The van der Waals surface area contributed by atoms with Crippen LogP contribution in [0.2, 0.25) is 0 Å². The van der Waals surface area contributed by atoms with Crippen LogP contribution in [0.4, 0.5) is 0 Å². The van der Waals surface area contributed by atoms with Gasteiger partial charge in [0.1, 0.15) is 19.3 Å². The molecule has 606 valence electrons. The molecule has 5 atom stereocenters. The largest absolute Gasteiger partial charge is 0.472 e. The summed E-state index contributed by atoms with van der Waals surface area (Å²) in [5, 5.41) is 10.6. The third-order valence-electron chi connectivity index (χ3n) is 16.8. The van der Waals surface area contributed by atoms with Crippen LogP contribution < -0.4 is 0 Å². The molecule has 0 aliphatic carbocycles. The molecule has 0 aliphatic heterocycles. The Kier molecular flexibility index (Phi) is 74.3. The number of unbranched alkanes of at least 4 members (excludes halogenated alkanes) is 26. The van der Waals surface area contributed by atoms with Crippen LogP contribution in [0.5, 0.6) is 0 Å². The first-order valence-corrected chi connectivity index (χ1v) is 44.1. The Bertz CT molecular complexity index is 2580. The molecule has 5 unspecified atom stereocenters. The molecule has 0 saturated carbocycles. The Morgan fingerprint density at radius 3 is 0.830 bits per heavy atom. The molecule has 0 spiro atoms. The number of allylic oxidation sites excluding steroid dienone is 24. The van der Waals surface area contributed by atoms with Crippen molar-refractivity contribution < 1.29 is 80.2 Å². The van der Waals surface area contributed by atoms with Crippen molar-refractivity contribution in [1.82, 2.24) is 0 Å². The van der Waals surface area contributed by atoms with Crippen molar-refractivity contribution in [2.45, 2.75) is 341 Å². The molecule has 3 N–H and O–H groups in total. The van der Waals surface area contributed by atoms with Gasteiger partial charge in [-0.1, -0.05) is 283 Å². The van der Waals surface area contributed by atoms with E-state index in [-0.39, 0.29) is 25.7 Å². The molecule has 0 aliphatic rings. The summed E-state index contributed by atoms with van der Waals surface area (Å²) in [7, 11) is -9.99. The maximum atomic E-state index is 13.1. The zero-order valence-electron chi connectivity index (χ0n) is 66.3.